The summed E-state index contributed by atoms with van der Waals surface area (Å²) in [5.74, 6) is 5.35. The lowest BCUT2D eigenvalue weighted by Gasteiger charge is -2.24. The second-order valence-corrected chi connectivity index (χ2v) is 4.18. The van der Waals surface area contributed by atoms with Gasteiger partial charge in [0.15, 0.2) is 0 Å². The standard InChI is InChI=1S/C15H19NO2/c1-4-12(2)16(3)15(18)14-10-6-5-8-13(14)9-7-11-17/h5-6,8,10,12,17H,4,11H2,1-3H3. The van der Waals surface area contributed by atoms with Crippen LogP contribution in [0.15, 0.2) is 24.3 Å². The van der Waals surface area contributed by atoms with Crippen molar-refractivity contribution in [3.05, 3.63) is 35.4 Å². The van der Waals surface area contributed by atoms with Crippen LogP contribution in [0.4, 0.5) is 0 Å². The number of nitrogens with zero attached hydrogens (tertiary/aromatic N) is 1. The molecule has 0 saturated heterocycles. The fraction of sp³-hybridized carbons (Fsp3) is 0.400. The molecule has 1 aromatic rings. The fourth-order valence-electron chi connectivity index (χ4n) is 1.58. The summed E-state index contributed by atoms with van der Waals surface area (Å²) in [5.41, 5.74) is 1.24. The van der Waals surface area contributed by atoms with E-state index in [-0.39, 0.29) is 18.6 Å². The third-order valence-corrected chi connectivity index (χ3v) is 3.03. The van der Waals surface area contributed by atoms with E-state index in [2.05, 4.69) is 11.8 Å². The maximum atomic E-state index is 12.3. The van der Waals surface area contributed by atoms with Crippen LogP contribution >= 0.6 is 0 Å². The molecule has 1 rings (SSSR count). The minimum atomic E-state index is -0.205. The molecule has 3 heteroatoms. The van der Waals surface area contributed by atoms with Gasteiger partial charge in [-0.05, 0) is 25.5 Å². The summed E-state index contributed by atoms with van der Waals surface area (Å²) in [6, 6.07) is 7.41. The molecular formula is C15H19NO2. The first-order valence-electron chi connectivity index (χ1n) is 6.07. The highest BCUT2D eigenvalue weighted by Crippen LogP contribution is 2.12. The van der Waals surface area contributed by atoms with Crippen LogP contribution in [0.2, 0.25) is 0 Å². The lowest BCUT2D eigenvalue weighted by molar-refractivity contribution is 0.0740. The van der Waals surface area contributed by atoms with Crippen molar-refractivity contribution in [1.29, 1.82) is 0 Å². The van der Waals surface area contributed by atoms with E-state index in [0.717, 1.165) is 6.42 Å². The number of hydrogen-bond acceptors (Lipinski definition) is 2. The van der Waals surface area contributed by atoms with Crippen molar-refractivity contribution in [1.82, 2.24) is 4.90 Å². The molecule has 0 aliphatic carbocycles. The van der Waals surface area contributed by atoms with Crippen LogP contribution in [0, 0.1) is 11.8 Å². The van der Waals surface area contributed by atoms with E-state index in [9.17, 15) is 4.79 Å². The van der Waals surface area contributed by atoms with Crippen molar-refractivity contribution in [2.45, 2.75) is 26.3 Å². The average molecular weight is 245 g/mol. The quantitative estimate of drug-likeness (QED) is 0.826. The van der Waals surface area contributed by atoms with Crippen LogP contribution in [-0.2, 0) is 0 Å². The lowest BCUT2D eigenvalue weighted by Crippen LogP contribution is -2.35. The highest BCUT2D eigenvalue weighted by molar-refractivity contribution is 5.96. The van der Waals surface area contributed by atoms with Crippen LogP contribution in [0.3, 0.4) is 0 Å². The zero-order valence-corrected chi connectivity index (χ0v) is 11.1. The summed E-state index contributed by atoms with van der Waals surface area (Å²) < 4.78 is 0. The number of aliphatic hydroxyl groups is 1. The van der Waals surface area contributed by atoms with Gasteiger partial charge in [-0.1, -0.05) is 30.9 Å². The zero-order valence-electron chi connectivity index (χ0n) is 11.1. The zero-order chi connectivity index (χ0) is 13.5. The number of amides is 1. The number of carbonyl (C=O) groups is 1. The number of rotatable bonds is 3. The van der Waals surface area contributed by atoms with Crippen LogP contribution in [0.5, 0.6) is 0 Å². The van der Waals surface area contributed by atoms with Gasteiger partial charge >= 0.3 is 0 Å². The molecule has 0 heterocycles. The van der Waals surface area contributed by atoms with E-state index in [1.807, 2.05) is 26.0 Å². The molecule has 1 aromatic carbocycles. The SMILES string of the molecule is CCC(C)N(C)C(=O)c1ccccc1C#CCO. The Bertz CT molecular complexity index is 471. The first-order valence-corrected chi connectivity index (χ1v) is 6.07. The van der Waals surface area contributed by atoms with Gasteiger partial charge in [0.05, 0.1) is 5.56 Å². The Labute approximate surface area is 108 Å². The Morgan fingerprint density at radius 2 is 2.11 bits per heavy atom. The van der Waals surface area contributed by atoms with E-state index in [1.165, 1.54) is 0 Å². The van der Waals surface area contributed by atoms with Crippen molar-refractivity contribution in [2.75, 3.05) is 13.7 Å². The summed E-state index contributed by atoms with van der Waals surface area (Å²) in [6.45, 7) is 3.86. The first kappa shape index (κ1) is 14.3. The summed E-state index contributed by atoms with van der Waals surface area (Å²) in [7, 11) is 1.80. The smallest absolute Gasteiger partial charge is 0.255 e. The first-order chi connectivity index (χ1) is 8.61. The molecule has 0 aromatic heterocycles. The van der Waals surface area contributed by atoms with Crippen LogP contribution in [-0.4, -0.2) is 35.6 Å². The molecule has 1 N–H and O–H groups in total. The third kappa shape index (κ3) is 3.35. The molecule has 1 unspecified atom stereocenters. The molecular weight excluding hydrogens is 226 g/mol. The summed E-state index contributed by atoms with van der Waals surface area (Å²) >= 11 is 0. The largest absolute Gasteiger partial charge is 0.384 e. The predicted molar refractivity (Wildman–Crippen MR) is 72.3 cm³/mol. The van der Waals surface area contributed by atoms with Crippen molar-refractivity contribution >= 4 is 5.91 Å². The molecule has 1 atom stereocenters. The Balaban J connectivity index is 3.05. The number of hydrogen-bond donors (Lipinski definition) is 1. The molecule has 0 radical (unpaired) electrons. The normalized spacial score (nSPS) is 11.3. The van der Waals surface area contributed by atoms with E-state index in [4.69, 9.17) is 5.11 Å². The van der Waals surface area contributed by atoms with Crippen LogP contribution in [0.1, 0.15) is 36.2 Å². The molecule has 0 saturated carbocycles. The summed E-state index contributed by atoms with van der Waals surface area (Å²) in [5, 5.41) is 8.72. The highest BCUT2D eigenvalue weighted by Gasteiger charge is 2.18. The molecule has 0 bridgehead atoms. The molecule has 0 fully saturated rings. The molecule has 96 valence electrons. The Hall–Kier alpha value is -1.79. The Morgan fingerprint density at radius 1 is 1.44 bits per heavy atom. The molecule has 1 amide bonds. The maximum Gasteiger partial charge on any atom is 0.255 e. The van der Waals surface area contributed by atoms with Crippen molar-refractivity contribution in [3.8, 4) is 11.8 Å². The van der Waals surface area contributed by atoms with E-state index < -0.39 is 0 Å². The topological polar surface area (TPSA) is 40.5 Å². The van der Waals surface area contributed by atoms with Crippen LogP contribution < -0.4 is 0 Å². The van der Waals surface area contributed by atoms with E-state index in [1.54, 1.807) is 24.1 Å². The van der Waals surface area contributed by atoms with Gasteiger partial charge in [0, 0.05) is 18.7 Å². The van der Waals surface area contributed by atoms with Gasteiger partial charge < -0.3 is 10.0 Å². The number of aliphatic hydroxyl groups excluding tert-OH is 1. The summed E-state index contributed by atoms with van der Waals surface area (Å²) in [4.78, 5) is 14.0. The van der Waals surface area contributed by atoms with Gasteiger partial charge in [-0.15, -0.1) is 0 Å². The second kappa shape index (κ2) is 6.83. The van der Waals surface area contributed by atoms with Crippen molar-refractivity contribution in [2.24, 2.45) is 0 Å². The third-order valence-electron chi connectivity index (χ3n) is 3.03. The Kier molecular flexibility index (Phi) is 5.41. The average Bonchev–Trinajstić information content (AvgIpc) is 2.42. The van der Waals surface area contributed by atoms with Gasteiger partial charge in [-0.25, -0.2) is 0 Å². The van der Waals surface area contributed by atoms with Gasteiger partial charge in [0.25, 0.3) is 5.91 Å². The van der Waals surface area contributed by atoms with Crippen molar-refractivity contribution in [3.63, 3.8) is 0 Å². The summed E-state index contributed by atoms with van der Waals surface area (Å²) in [6.07, 6.45) is 0.909. The van der Waals surface area contributed by atoms with Crippen LogP contribution in [0.25, 0.3) is 0 Å². The van der Waals surface area contributed by atoms with E-state index in [0.29, 0.717) is 11.1 Å². The minimum Gasteiger partial charge on any atom is -0.384 e. The predicted octanol–water partition coefficient (Wildman–Crippen LogP) is 1.90. The molecule has 3 nitrogen and oxygen atoms in total. The van der Waals surface area contributed by atoms with Gasteiger partial charge in [-0.2, -0.15) is 0 Å². The minimum absolute atomic E-state index is 0.0350. The van der Waals surface area contributed by atoms with E-state index >= 15 is 0 Å². The van der Waals surface area contributed by atoms with Crippen molar-refractivity contribution < 1.29 is 9.90 Å². The second-order valence-electron chi connectivity index (χ2n) is 4.18. The number of carbonyl (C=O) groups excluding carboxylic acids is 1. The van der Waals surface area contributed by atoms with Gasteiger partial charge in [-0.3, -0.25) is 4.79 Å². The molecule has 0 spiro atoms. The Morgan fingerprint density at radius 3 is 2.72 bits per heavy atom. The maximum absolute atomic E-state index is 12.3. The molecule has 0 aliphatic rings. The monoisotopic (exact) mass is 245 g/mol. The molecule has 0 aliphatic heterocycles. The number of benzene rings is 1. The molecule has 18 heavy (non-hydrogen) atoms. The lowest BCUT2D eigenvalue weighted by atomic mass is 10.1. The fourth-order valence-corrected chi connectivity index (χ4v) is 1.58. The van der Waals surface area contributed by atoms with Gasteiger partial charge in [0.1, 0.15) is 6.61 Å². The highest BCUT2D eigenvalue weighted by atomic mass is 16.2. The van der Waals surface area contributed by atoms with Gasteiger partial charge in [0.2, 0.25) is 0 Å².